The van der Waals surface area contributed by atoms with E-state index in [2.05, 4.69) is 15.9 Å². The summed E-state index contributed by atoms with van der Waals surface area (Å²) in [4.78, 5) is 0. The zero-order valence-electron chi connectivity index (χ0n) is 4.60. The third kappa shape index (κ3) is 1.58. The van der Waals surface area contributed by atoms with Crippen LogP contribution in [0.5, 0.6) is 0 Å². The fraction of sp³-hybridized carbons (Fsp3) is 0.167. The zero-order chi connectivity index (χ0) is 6.69. The first-order valence-corrected chi connectivity index (χ1v) is 3.22. The van der Waals surface area contributed by atoms with E-state index in [4.69, 9.17) is 9.68 Å². The fourth-order valence-corrected chi connectivity index (χ4v) is 0.873. The van der Waals surface area contributed by atoms with Gasteiger partial charge in [-0.2, -0.15) is 5.26 Å². The topological polar surface area (TPSA) is 36.9 Å². The predicted molar refractivity (Wildman–Crippen MR) is 35.7 cm³/mol. The molecule has 1 rings (SSSR count). The Morgan fingerprint density at radius 3 is 3.00 bits per heavy atom. The first-order chi connectivity index (χ1) is 4.33. The molecule has 0 aliphatic carbocycles. The summed E-state index contributed by atoms with van der Waals surface area (Å²) in [5.41, 5.74) is 0. The normalized spacial score (nSPS) is 8.89. The molecule has 0 saturated carbocycles. The summed E-state index contributed by atoms with van der Waals surface area (Å²) in [6.45, 7) is 0. The van der Waals surface area contributed by atoms with E-state index < -0.39 is 0 Å². The van der Waals surface area contributed by atoms with Crippen LogP contribution in [-0.4, -0.2) is 0 Å². The number of hydrogen-bond donors (Lipinski definition) is 0. The Morgan fingerprint density at radius 2 is 2.56 bits per heavy atom. The van der Waals surface area contributed by atoms with Gasteiger partial charge in [0.15, 0.2) is 0 Å². The highest BCUT2D eigenvalue weighted by molar-refractivity contribution is 9.10. The summed E-state index contributed by atoms with van der Waals surface area (Å²) in [6, 6.07) is 3.76. The first kappa shape index (κ1) is 6.37. The summed E-state index contributed by atoms with van der Waals surface area (Å²) in [5, 5.41) is 8.20. The molecule has 0 N–H and O–H groups in total. The Morgan fingerprint density at radius 1 is 1.78 bits per heavy atom. The number of nitrogens with zero attached hydrogens (tertiary/aromatic N) is 1. The molecular formula is C6H4BrNO. The lowest BCUT2D eigenvalue weighted by atomic mass is 10.4. The van der Waals surface area contributed by atoms with Gasteiger partial charge in [-0.25, -0.2) is 0 Å². The van der Waals surface area contributed by atoms with Crippen molar-refractivity contribution in [2.75, 3.05) is 0 Å². The average molecular weight is 186 g/mol. The molecule has 0 aliphatic heterocycles. The van der Waals surface area contributed by atoms with Crippen molar-refractivity contribution >= 4 is 15.9 Å². The van der Waals surface area contributed by atoms with Gasteiger partial charge in [0, 0.05) is 0 Å². The van der Waals surface area contributed by atoms with Crippen molar-refractivity contribution in [3.8, 4) is 6.07 Å². The SMILES string of the molecule is N#CCc1cc(Br)co1. The zero-order valence-corrected chi connectivity index (χ0v) is 6.18. The lowest BCUT2D eigenvalue weighted by Gasteiger charge is -1.77. The van der Waals surface area contributed by atoms with E-state index in [9.17, 15) is 0 Å². The third-order valence-electron chi connectivity index (χ3n) is 0.875. The van der Waals surface area contributed by atoms with Crippen molar-refractivity contribution in [2.24, 2.45) is 0 Å². The minimum absolute atomic E-state index is 0.339. The van der Waals surface area contributed by atoms with Crippen LogP contribution >= 0.6 is 15.9 Å². The minimum atomic E-state index is 0.339. The summed E-state index contributed by atoms with van der Waals surface area (Å²) < 4.78 is 5.82. The van der Waals surface area contributed by atoms with Crippen molar-refractivity contribution in [2.45, 2.75) is 6.42 Å². The van der Waals surface area contributed by atoms with Gasteiger partial charge >= 0.3 is 0 Å². The van der Waals surface area contributed by atoms with Crippen LogP contribution in [0.15, 0.2) is 21.2 Å². The smallest absolute Gasteiger partial charge is 0.119 e. The lowest BCUT2D eigenvalue weighted by molar-refractivity contribution is 0.523. The molecule has 46 valence electrons. The fourth-order valence-electron chi connectivity index (χ4n) is 0.524. The minimum Gasteiger partial charge on any atom is -0.467 e. The Labute approximate surface area is 61.2 Å². The predicted octanol–water partition coefficient (Wildman–Crippen LogP) is 2.11. The maximum atomic E-state index is 8.20. The number of halogens is 1. The number of hydrogen-bond acceptors (Lipinski definition) is 2. The second-order valence-electron chi connectivity index (χ2n) is 1.57. The van der Waals surface area contributed by atoms with Crippen molar-refractivity contribution < 1.29 is 4.42 Å². The summed E-state index contributed by atoms with van der Waals surface area (Å²) in [5.74, 6) is 0.698. The second-order valence-corrected chi connectivity index (χ2v) is 2.48. The van der Waals surface area contributed by atoms with Gasteiger partial charge in [0.2, 0.25) is 0 Å². The molecule has 0 radical (unpaired) electrons. The van der Waals surface area contributed by atoms with Gasteiger partial charge in [0.25, 0.3) is 0 Å². The van der Waals surface area contributed by atoms with Crippen molar-refractivity contribution in [3.05, 3.63) is 22.6 Å². The van der Waals surface area contributed by atoms with Crippen molar-refractivity contribution in [3.63, 3.8) is 0 Å². The van der Waals surface area contributed by atoms with E-state index >= 15 is 0 Å². The molecule has 0 fully saturated rings. The van der Waals surface area contributed by atoms with Crippen LogP contribution in [0, 0.1) is 11.3 Å². The second kappa shape index (κ2) is 2.70. The molecule has 9 heavy (non-hydrogen) atoms. The van der Waals surface area contributed by atoms with Gasteiger partial charge in [-0.15, -0.1) is 0 Å². The van der Waals surface area contributed by atoms with Gasteiger partial charge in [0.1, 0.15) is 12.0 Å². The molecule has 3 heteroatoms. The van der Waals surface area contributed by atoms with Crippen LogP contribution in [0.1, 0.15) is 5.76 Å². The van der Waals surface area contributed by atoms with E-state index in [1.807, 2.05) is 6.07 Å². The molecule has 2 nitrogen and oxygen atoms in total. The van der Waals surface area contributed by atoms with Crippen LogP contribution in [0.4, 0.5) is 0 Å². The number of rotatable bonds is 1. The Kier molecular flexibility index (Phi) is 1.91. The van der Waals surface area contributed by atoms with E-state index in [0.29, 0.717) is 12.2 Å². The maximum absolute atomic E-state index is 8.20. The first-order valence-electron chi connectivity index (χ1n) is 2.43. The lowest BCUT2D eigenvalue weighted by Crippen LogP contribution is -1.71. The Balaban J connectivity index is 2.76. The van der Waals surface area contributed by atoms with Crippen LogP contribution in [0.25, 0.3) is 0 Å². The van der Waals surface area contributed by atoms with Crippen LogP contribution < -0.4 is 0 Å². The standard InChI is InChI=1S/C6H4BrNO/c7-5-3-6(1-2-8)9-4-5/h3-4H,1H2. The molecular weight excluding hydrogens is 182 g/mol. The van der Waals surface area contributed by atoms with E-state index in [0.717, 1.165) is 4.47 Å². The van der Waals surface area contributed by atoms with Crippen molar-refractivity contribution in [1.82, 2.24) is 0 Å². The Hall–Kier alpha value is -0.750. The molecule has 0 unspecified atom stereocenters. The van der Waals surface area contributed by atoms with Crippen molar-refractivity contribution in [1.29, 1.82) is 5.26 Å². The molecule has 0 bridgehead atoms. The van der Waals surface area contributed by atoms with Gasteiger partial charge in [-0.3, -0.25) is 0 Å². The summed E-state index contributed by atoms with van der Waals surface area (Å²) >= 11 is 3.20. The summed E-state index contributed by atoms with van der Waals surface area (Å²) in [7, 11) is 0. The molecule has 0 spiro atoms. The van der Waals surface area contributed by atoms with Crippen LogP contribution in [0.2, 0.25) is 0 Å². The molecule has 1 aromatic rings. The monoisotopic (exact) mass is 185 g/mol. The van der Waals surface area contributed by atoms with Gasteiger partial charge in [-0.1, -0.05) is 0 Å². The quantitative estimate of drug-likeness (QED) is 0.673. The highest BCUT2D eigenvalue weighted by Gasteiger charge is 1.95. The highest BCUT2D eigenvalue weighted by atomic mass is 79.9. The third-order valence-corrected chi connectivity index (χ3v) is 1.29. The molecule has 0 saturated heterocycles. The molecule has 0 aliphatic rings. The number of nitriles is 1. The molecule has 0 aromatic carbocycles. The van der Waals surface area contributed by atoms with E-state index in [1.54, 1.807) is 12.3 Å². The molecule has 1 heterocycles. The van der Waals surface area contributed by atoms with Gasteiger partial charge in [-0.05, 0) is 22.0 Å². The van der Waals surface area contributed by atoms with Crippen LogP contribution in [0.3, 0.4) is 0 Å². The van der Waals surface area contributed by atoms with E-state index in [-0.39, 0.29) is 0 Å². The Bertz CT molecular complexity index is 235. The van der Waals surface area contributed by atoms with E-state index in [1.165, 1.54) is 0 Å². The molecule has 0 amide bonds. The van der Waals surface area contributed by atoms with Gasteiger partial charge in [0.05, 0.1) is 17.0 Å². The van der Waals surface area contributed by atoms with Gasteiger partial charge < -0.3 is 4.42 Å². The summed E-state index contributed by atoms with van der Waals surface area (Å²) in [6.07, 6.45) is 1.90. The maximum Gasteiger partial charge on any atom is 0.119 e. The average Bonchev–Trinajstić information content (AvgIpc) is 2.17. The highest BCUT2D eigenvalue weighted by Crippen LogP contribution is 2.13. The molecule has 1 aromatic heterocycles. The van der Waals surface area contributed by atoms with Crippen LogP contribution in [-0.2, 0) is 6.42 Å². The number of furan rings is 1. The largest absolute Gasteiger partial charge is 0.467 e. The molecule has 0 atom stereocenters.